The van der Waals surface area contributed by atoms with Gasteiger partial charge in [0.15, 0.2) is 5.76 Å². The topological polar surface area (TPSA) is 44.5 Å². The van der Waals surface area contributed by atoms with E-state index in [4.69, 9.17) is 15.2 Å². The van der Waals surface area contributed by atoms with Crippen molar-refractivity contribution in [3.8, 4) is 0 Å². The van der Waals surface area contributed by atoms with Gasteiger partial charge in [-0.2, -0.15) is 0 Å². The summed E-state index contributed by atoms with van der Waals surface area (Å²) >= 11 is 0. The molecule has 0 spiro atoms. The van der Waals surface area contributed by atoms with Crippen molar-refractivity contribution in [2.75, 3.05) is 0 Å². The highest BCUT2D eigenvalue weighted by Crippen LogP contribution is 2.22. The minimum Gasteiger partial charge on any atom is -0.466 e. The first kappa shape index (κ1) is 9.80. The quantitative estimate of drug-likeness (QED) is 0.802. The minimum absolute atomic E-state index is 0.282. The summed E-state index contributed by atoms with van der Waals surface area (Å²) in [6.07, 6.45) is 4.46. The normalized spacial score (nSPS) is 16.3. The summed E-state index contributed by atoms with van der Waals surface area (Å²) in [4.78, 5) is 0. The van der Waals surface area contributed by atoms with Crippen molar-refractivity contribution in [2.45, 2.75) is 13.0 Å². The molecule has 1 aliphatic rings. The van der Waals surface area contributed by atoms with Gasteiger partial charge in [0, 0.05) is 0 Å². The molecule has 0 aliphatic carbocycles. The number of benzene rings is 1. The smallest absolute Gasteiger partial charge is 0.159 e. The Kier molecular flexibility index (Phi) is 2.74. The number of rotatable bonds is 2. The fourth-order valence-corrected chi connectivity index (χ4v) is 1.36. The van der Waals surface area contributed by atoms with Crippen molar-refractivity contribution in [1.82, 2.24) is 0 Å². The number of ether oxygens (including phenoxy) is 2. The second kappa shape index (κ2) is 4.19. The van der Waals surface area contributed by atoms with E-state index in [2.05, 4.69) is 0 Å². The van der Waals surface area contributed by atoms with Gasteiger partial charge in [0.1, 0.15) is 18.8 Å². The van der Waals surface area contributed by atoms with Crippen LogP contribution in [0.15, 0.2) is 48.8 Å². The minimum atomic E-state index is -0.282. The molecule has 3 heteroatoms. The Hall–Kier alpha value is -1.74. The Labute approximate surface area is 88.8 Å². The lowest BCUT2D eigenvalue weighted by atomic mass is 10.0. The highest BCUT2D eigenvalue weighted by atomic mass is 16.5. The van der Waals surface area contributed by atoms with Crippen LogP contribution < -0.4 is 5.73 Å². The summed E-state index contributed by atoms with van der Waals surface area (Å²) in [5.41, 5.74) is 8.23. The van der Waals surface area contributed by atoms with Crippen LogP contribution in [-0.2, 0) is 9.47 Å². The lowest BCUT2D eigenvalue weighted by Crippen LogP contribution is -2.15. The van der Waals surface area contributed by atoms with Crippen LogP contribution in [0.1, 0.15) is 17.2 Å². The van der Waals surface area contributed by atoms with Gasteiger partial charge in [-0.25, -0.2) is 0 Å². The molecule has 0 saturated carbocycles. The summed E-state index contributed by atoms with van der Waals surface area (Å²) < 4.78 is 10.3. The predicted molar refractivity (Wildman–Crippen MR) is 57.5 cm³/mol. The molecule has 0 radical (unpaired) electrons. The maximum Gasteiger partial charge on any atom is 0.159 e. The fraction of sp³-hybridized carbons (Fsp3) is 0.167. The van der Waals surface area contributed by atoms with E-state index in [-0.39, 0.29) is 6.04 Å². The van der Waals surface area contributed by atoms with Gasteiger partial charge in [-0.15, -0.1) is 0 Å². The lowest BCUT2D eigenvalue weighted by Gasteiger charge is -2.17. The molecule has 2 N–H and O–H groups in total. The van der Waals surface area contributed by atoms with Crippen molar-refractivity contribution in [3.05, 3.63) is 59.9 Å². The van der Waals surface area contributed by atoms with Gasteiger partial charge in [0.05, 0.1) is 6.04 Å². The molecule has 1 unspecified atom stereocenters. The first-order valence-corrected chi connectivity index (χ1v) is 4.77. The zero-order valence-electron chi connectivity index (χ0n) is 8.51. The van der Waals surface area contributed by atoms with Crippen molar-refractivity contribution >= 4 is 0 Å². The average Bonchev–Trinajstić information content (AvgIpc) is 2.30. The molecule has 0 amide bonds. The van der Waals surface area contributed by atoms with E-state index in [0.29, 0.717) is 5.76 Å². The molecule has 1 atom stereocenters. The van der Waals surface area contributed by atoms with Crippen LogP contribution >= 0.6 is 0 Å². The van der Waals surface area contributed by atoms with E-state index in [9.17, 15) is 0 Å². The standard InChI is InChI=1S/C12H13NO2/c1-9-2-4-10(5-3-9)12(13)11-8-14-6-7-15-11/h2-8,12H,13H2,1H3. The summed E-state index contributed by atoms with van der Waals surface area (Å²) in [6, 6.07) is 7.74. The number of aryl methyl sites for hydroxylation is 1. The lowest BCUT2D eigenvalue weighted by molar-refractivity contribution is 0.237. The number of hydrogen-bond acceptors (Lipinski definition) is 3. The molecular formula is C12H13NO2. The van der Waals surface area contributed by atoms with Gasteiger partial charge in [-0.05, 0) is 12.5 Å². The van der Waals surface area contributed by atoms with Crippen molar-refractivity contribution in [2.24, 2.45) is 5.73 Å². The van der Waals surface area contributed by atoms with Gasteiger partial charge < -0.3 is 15.2 Å². The van der Waals surface area contributed by atoms with Crippen LogP contribution in [0.4, 0.5) is 0 Å². The highest BCUT2D eigenvalue weighted by molar-refractivity contribution is 5.28. The van der Waals surface area contributed by atoms with E-state index >= 15 is 0 Å². The summed E-state index contributed by atoms with van der Waals surface area (Å²) in [6.45, 7) is 2.04. The van der Waals surface area contributed by atoms with Crippen molar-refractivity contribution < 1.29 is 9.47 Å². The Morgan fingerprint density at radius 2 is 1.87 bits per heavy atom. The van der Waals surface area contributed by atoms with Gasteiger partial charge in [0.2, 0.25) is 0 Å². The Bertz CT molecular complexity index is 393. The third-order valence-electron chi connectivity index (χ3n) is 2.27. The molecule has 0 fully saturated rings. The molecule has 2 rings (SSSR count). The SMILES string of the molecule is Cc1ccc(C(N)C2=COC=CO2)cc1. The van der Waals surface area contributed by atoms with Crippen LogP contribution in [0, 0.1) is 6.92 Å². The molecule has 1 heterocycles. The third kappa shape index (κ3) is 2.19. The predicted octanol–water partition coefficient (Wildman–Crippen LogP) is 2.35. The van der Waals surface area contributed by atoms with Gasteiger partial charge >= 0.3 is 0 Å². The monoisotopic (exact) mass is 203 g/mol. The van der Waals surface area contributed by atoms with Gasteiger partial charge in [0.25, 0.3) is 0 Å². The summed E-state index contributed by atoms with van der Waals surface area (Å²) in [5.74, 6) is 0.612. The Balaban J connectivity index is 2.16. The van der Waals surface area contributed by atoms with Gasteiger partial charge in [-0.1, -0.05) is 29.8 Å². The zero-order valence-corrected chi connectivity index (χ0v) is 8.51. The van der Waals surface area contributed by atoms with Crippen LogP contribution in [0.2, 0.25) is 0 Å². The average molecular weight is 203 g/mol. The first-order valence-electron chi connectivity index (χ1n) is 4.77. The first-order chi connectivity index (χ1) is 7.27. The van der Waals surface area contributed by atoms with E-state index in [1.165, 1.54) is 24.3 Å². The van der Waals surface area contributed by atoms with E-state index in [1.54, 1.807) is 0 Å². The molecule has 1 aliphatic heterocycles. The summed E-state index contributed by atoms with van der Waals surface area (Å²) in [7, 11) is 0. The molecule has 1 aromatic carbocycles. The third-order valence-corrected chi connectivity index (χ3v) is 2.27. The Morgan fingerprint density at radius 1 is 1.13 bits per heavy atom. The Morgan fingerprint density at radius 3 is 2.47 bits per heavy atom. The zero-order chi connectivity index (χ0) is 10.7. The maximum atomic E-state index is 6.01. The van der Waals surface area contributed by atoms with Crippen LogP contribution in [0.25, 0.3) is 0 Å². The van der Waals surface area contributed by atoms with Crippen LogP contribution in [-0.4, -0.2) is 0 Å². The molecular weight excluding hydrogens is 190 g/mol. The maximum absolute atomic E-state index is 6.01. The molecule has 1 aromatic rings. The molecule has 0 saturated heterocycles. The van der Waals surface area contributed by atoms with Gasteiger partial charge in [-0.3, -0.25) is 0 Å². The number of hydrogen-bond donors (Lipinski definition) is 1. The highest BCUT2D eigenvalue weighted by Gasteiger charge is 2.14. The molecule has 0 aromatic heterocycles. The van der Waals surface area contributed by atoms with Crippen LogP contribution in [0.5, 0.6) is 0 Å². The van der Waals surface area contributed by atoms with E-state index in [0.717, 1.165) is 5.56 Å². The van der Waals surface area contributed by atoms with Crippen LogP contribution in [0.3, 0.4) is 0 Å². The second-order valence-corrected chi connectivity index (χ2v) is 3.43. The molecule has 0 bridgehead atoms. The molecule has 15 heavy (non-hydrogen) atoms. The second-order valence-electron chi connectivity index (χ2n) is 3.43. The number of nitrogens with two attached hydrogens (primary N) is 1. The summed E-state index contributed by atoms with van der Waals surface area (Å²) in [5, 5.41) is 0. The van der Waals surface area contributed by atoms with E-state index < -0.39 is 0 Å². The van der Waals surface area contributed by atoms with E-state index in [1.807, 2.05) is 31.2 Å². The van der Waals surface area contributed by atoms with Crippen molar-refractivity contribution in [3.63, 3.8) is 0 Å². The van der Waals surface area contributed by atoms with Crippen molar-refractivity contribution in [1.29, 1.82) is 0 Å². The molecule has 3 nitrogen and oxygen atoms in total. The largest absolute Gasteiger partial charge is 0.466 e. The fourth-order valence-electron chi connectivity index (χ4n) is 1.36. The molecule has 78 valence electrons.